The van der Waals surface area contributed by atoms with Crippen LogP contribution in [-0.2, 0) is 14.1 Å². The van der Waals surface area contributed by atoms with Gasteiger partial charge in [0.15, 0.2) is 0 Å². The second kappa shape index (κ2) is 5.91. The van der Waals surface area contributed by atoms with Crippen LogP contribution < -0.4 is 16.6 Å². The van der Waals surface area contributed by atoms with Crippen LogP contribution in [0, 0.1) is 0 Å². The van der Waals surface area contributed by atoms with Gasteiger partial charge in [-0.25, -0.2) is 18.7 Å². The molecule has 10 nitrogen and oxygen atoms in total. The number of carbonyl (C=O) groups excluding carboxylic acids is 1. The fourth-order valence-corrected chi connectivity index (χ4v) is 2.09. The molecule has 0 unspecified atom stereocenters. The SMILES string of the molecule is Cn1ncnc1NC(=O)c1nn(C)c(=O)n(-c2ccccc2)c1=O. The quantitative estimate of drug-likeness (QED) is 0.681. The number of hydrogen-bond acceptors (Lipinski definition) is 6. The summed E-state index contributed by atoms with van der Waals surface area (Å²) < 4.78 is 3.15. The van der Waals surface area contributed by atoms with Crippen molar-refractivity contribution in [3.63, 3.8) is 0 Å². The summed E-state index contributed by atoms with van der Waals surface area (Å²) in [6, 6.07) is 8.30. The van der Waals surface area contributed by atoms with Crippen LogP contribution in [0.25, 0.3) is 5.69 Å². The molecule has 0 fully saturated rings. The number of hydrogen-bond donors (Lipinski definition) is 1. The van der Waals surface area contributed by atoms with Crippen LogP contribution in [0.1, 0.15) is 10.5 Å². The van der Waals surface area contributed by atoms with Crippen molar-refractivity contribution in [2.45, 2.75) is 0 Å². The van der Waals surface area contributed by atoms with E-state index in [1.165, 1.54) is 18.1 Å². The summed E-state index contributed by atoms with van der Waals surface area (Å²) in [6.45, 7) is 0. The molecule has 2 aromatic heterocycles. The molecule has 0 radical (unpaired) electrons. The molecule has 1 amide bonds. The Balaban J connectivity index is 2.12. The van der Waals surface area contributed by atoms with Crippen LogP contribution in [0.3, 0.4) is 0 Å². The van der Waals surface area contributed by atoms with E-state index in [0.29, 0.717) is 5.69 Å². The minimum Gasteiger partial charge on any atom is -0.289 e. The van der Waals surface area contributed by atoms with Crippen molar-refractivity contribution < 1.29 is 4.79 Å². The van der Waals surface area contributed by atoms with Crippen molar-refractivity contribution in [3.8, 4) is 5.69 Å². The number of amides is 1. The van der Waals surface area contributed by atoms with Gasteiger partial charge < -0.3 is 0 Å². The van der Waals surface area contributed by atoms with Gasteiger partial charge in [-0.2, -0.15) is 15.2 Å². The predicted molar refractivity (Wildman–Crippen MR) is 84.0 cm³/mol. The van der Waals surface area contributed by atoms with Crippen LogP contribution in [0.5, 0.6) is 0 Å². The lowest BCUT2D eigenvalue weighted by Crippen LogP contribution is -2.43. The molecule has 3 rings (SSSR count). The van der Waals surface area contributed by atoms with E-state index in [0.717, 1.165) is 9.25 Å². The van der Waals surface area contributed by atoms with E-state index >= 15 is 0 Å². The lowest BCUT2D eigenvalue weighted by molar-refractivity contribution is 0.101. The summed E-state index contributed by atoms with van der Waals surface area (Å²) in [4.78, 5) is 41.0. The van der Waals surface area contributed by atoms with E-state index in [1.807, 2.05) is 0 Å². The van der Waals surface area contributed by atoms with Crippen molar-refractivity contribution >= 4 is 11.9 Å². The highest BCUT2D eigenvalue weighted by atomic mass is 16.2. The number of nitrogens with zero attached hydrogens (tertiary/aromatic N) is 6. The minimum absolute atomic E-state index is 0.154. The number of benzene rings is 1. The minimum atomic E-state index is -0.816. The molecule has 0 saturated carbocycles. The largest absolute Gasteiger partial charge is 0.351 e. The first-order valence-electron chi connectivity index (χ1n) is 6.90. The lowest BCUT2D eigenvalue weighted by Gasteiger charge is -2.09. The number of anilines is 1. The third kappa shape index (κ3) is 2.60. The number of para-hydroxylation sites is 1. The lowest BCUT2D eigenvalue weighted by atomic mass is 10.3. The molecule has 0 aliphatic carbocycles. The van der Waals surface area contributed by atoms with Gasteiger partial charge in [0.2, 0.25) is 11.6 Å². The van der Waals surface area contributed by atoms with Gasteiger partial charge in [0, 0.05) is 14.1 Å². The van der Waals surface area contributed by atoms with Gasteiger partial charge in [0.25, 0.3) is 11.5 Å². The van der Waals surface area contributed by atoms with E-state index < -0.39 is 22.9 Å². The van der Waals surface area contributed by atoms with Crippen molar-refractivity contribution in [1.29, 1.82) is 0 Å². The first-order valence-corrected chi connectivity index (χ1v) is 6.90. The molecule has 24 heavy (non-hydrogen) atoms. The monoisotopic (exact) mass is 327 g/mol. The topological polar surface area (TPSA) is 117 Å². The normalized spacial score (nSPS) is 10.6. The predicted octanol–water partition coefficient (Wildman–Crippen LogP) is -0.688. The second-order valence-electron chi connectivity index (χ2n) is 4.89. The molecule has 0 spiro atoms. The van der Waals surface area contributed by atoms with Crippen LogP contribution in [0.4, 0.5) is 5.95 Å². The molecule has 0 bridgehead atoms. The van der Waals surface area contributed by atoms with Crippen molar-refractivity contribution in [2.75, 3.05) is 5.32 Å². The first-order chi connectivity index (χ1) is 11.5. The van der Waals surface area contributed by atoms with E-state index in [9.17, 15) is 14.4 Å². The Morgan fingerprint density at radius 1 is 1.08 bits per heavy atom. The second-order valence-corrected chi connectivity index (χ2v) is 4.89. The fourth-order valence-electron chi connectivity index (χ4n) is 2.09. The fraction of sp³-hybridized carbons (Fsp3) is 0.143. The van der Waals surface area contributed by atoms with E-state index in [4.69, 9.17) is 0 Å². The highest BCUT2D eigenvalue weighted by Crippen LogP contribution is 2.02. The van der Waals surface area contributed by atoms with Gasteiger partial charge >= 0.3 is 5.69 Å². The molecule has 1 N–H and O–H groups in total. The summed E-state index contributed by atoms with van der Waals surface area (Å²) in [5.41, 5.74) is -1.55. The Hall–Kier alpha value is -3.56. The summed E-state index contributed by atoms with van der Waals surface area (Å²) in [7, 11) is 2.94. The summed E-state index contributed by atoms with van der Waals surface area (Å²) >= 11 is 0. The summed E-state index contributed by atoms with van der Waals surface area (Å²) in [6.07, 6.45) is 1.26. The number of aryl methyl sites for hydroxylation is 2. The van der Waals surface area contributed by atoms with Crippen LogP contribution in [0.15, 0.2) is 46.2 Å². The molecule has 0 aliphatic rings. The third-order valence-electron chi connectivity index (χ3n) is 3.29. The Morgan fingerprint density at radius 3 is 2.42 bits per heavy atom. The Labute approximate surface area is 135 Å². The van der Waals surface area contributed by atoms with Gasteiger partial charge in [-0.05, 0) is 12.1 Å². The van der Waals surface area contributed by atoms with Gasteiger partial charge in [0.1, 0.15) is 6.33 Å². The molecule has 10 heteroatoms. The van der Waals surface area contributed by atoms with Gasteiger partial charge in [-0.3, -0.25) is 14.9 Å². The highest BCUT2D eigenvalue weighted by Gasteiger charge is 2.20. The van der Waals surface area contributed by atoms with Crippen molar-refractivity contribution in [3.05, 3.63) is 63.2 Å². The summed E-state index contributed by atoms with van der Waals surface area (Å²) in [5, 5.41) is 10.0. The van der Waals surface area contributed by atoms with E-state index in [-0.39, 0.29) is 5.95 Å². The average molecular weight is 327 g/mol. The van der Waals surface area contributed by atoms with Crippen molar-refractivity contribution in [2.24, 2.45) is 14.1 Å². The molecule has 0 atom stereocenters. The van der Waals surface area contributed by atoms with Gasteiger partial charge in [-0.1, -0.05) is 18.2 Å². The molecule has 0 aliphatic heterocycles. The van der Waals surface area contributed by atoms with E-state index in [2.05, 4.69) is 20.5 Å². The van der Waals surface area contributed by atoms with Gasteiger partial charge in [0.05, 0.1) is 5.69 Å². The zero-order valence-electron chi connectivity index (χ0n) is 12.9. The smallest absolute Gasteiger partial charge is 0.289 e. The maximum atomic E-state index is 12.6. The maximum absolute atomic E-state index is 12.6. The average Bonchev–Trinajstić information content (AvgIpc) is 2.97. The maximum Gasteiger partial charge on any atom is 0.351 e. The van der Waals surface area contributed by atoms with Crippen molar-refractivity contribution in [1.82, 2.24) is 29.1 Å². The molecule has 122 valence electrons. The Bertz CT molecular complexity index is 1020. The molecule has 2 heterocycles. The van der Waals surface area contributed by atoms with Gasteiger partial charge in [-0.15, -0.1) is 0 Å². The van der Waals surface area contributed by atoms with E-state index in [1.54, 1.807) is 37.4 Å². The first kappa shape index (κ1) is 15.3. The number of rotatable bonds is 3. The van der Waals surface area contributed by atoms with Crippen LogP contribution in [0.2, 0.25) is 0 Å². The molecule has 0 saturated heterocycles. The molecular weight excluding hydrogens is 314 g/mol. The number of nitrogens with one attached hydrogen (secondary N) is 1. The zero-order chi connectivity index (χ0) is 17.3. The number of carbonyl (C=O) groups is 1. The number of aromatic nitrogens is 6. The zero-order valence-corrected chi connectivity index (χ0v) is 12.9. The van der Waals surface area contributed by atoms with Crippen LogP contribution in [-0.4, -0.2) is 35.0 Å². The Morgan fingerprint density at radius 2 is 1.79 bits per heavy atom. The molecule has 1 aromatic carbocycles. The molecular formula is C14H13N7O3. The highest BCUT2D eigenvalue weighted by molar-refractivity contribution is 6.01. The molecule has 3 aromatic rings. The third-order valence-corrected chi connectivity index (χ3v) is 3.29. The van der Waals surface area contributed by atoms with Crippen LogP contribution >= 0.6 is 0 Å². The Kier molecular flexibility index (Phi) is 3.78. The summed E-state index contributed by atoms with van der Waals surface area (Å²) in [5.74, 6) is -0.627. The standard InChI is InChI=1S/C14H13N7O3/c1-19-13(15-8-16-19)17-11(22)10-12(23)21(14(24)20(2)18-10)9-6-4-3-5-7-9/h3-8H,1-2H3,(H,15,16,17,22).